The predicted molar refractivity (Wildman–Crippen MR) is 28.9 cm³/mol. The smallest absolute Gasteiger partial charge is 1.00 e. The molecule has 0 saturated heterocycles. The molecule has 0 saturated carbocycles. The molecule has 0 radical (unpaired) electrons. The van der Waals surface area contributed by atoms with Crippen LogP contribution in [-0.4, -0.2) is 23.1 Å². The molecule has 1 aromatic heterocycles. The number of rotatable bonds is 0. The summed E-state index contributed by atoms with van der Waals surface area (Å²) >= 11 is 1.59. The summed E-state index contributed by atoms with van der Waals surface area (Å²) in [6.07, 6.45) is 0. The number of halogens is 1. The van der Waals surface area contributed by atoms with Gasteiger partial charge in [0.25, 0.3) is 0 Å². The summed E-state index contributed by atoms with van der Waals surface area (Å²) in [4.78, 5) is 0. The maximum absolute atomic E-state index is 2.90. The zero-order valence-corrected chi connectivity index (χ0v) is 8.11. The molecule has 0 aliphatic carbocycles. The van der Waals surface area contributed by atoms with Gasteiger partial charge in [0, 0.05) is 0 Å². The Labute approximate surface area is 80.5 Å². The monoisotopic (exact) mass is 234 g/mol. The molecule has 0 N–H and O–H groups in total. The van der Waals surface area contributed by atoms with Crippen molar-refractivity contribution in [2.75, 3.05) is 0 Å². The van der Waals surface area contributed by atoms with Crippen molar-refractivity contribution in [1.29, 1.82) is 0 Å². The average molecular weight is 234 g/mol. The van der Waals surface area contributed by atoms with E-state index in [-0.39, 0.29) is 47.0 Å². The second-order valence-electron chi connectivity index (χ2n) is 0.731. The Bertz CT molecular complexity index is 68.2. The predicted octanol–water partition coefficient (Wildman–Crippen LogP) is -1.83. The maximum atomic E-state index is 2.90. The summed E-state index contributed by atoms with van der Waals surface area (Å²) < 4.78 is 0. The third-order valence-electron chi connectivity index (χ3n) is 0.379. The summed E-state index contributed by atoms with van der Waals surface area (Å²) in [6.45, 7) is 0. The van der Waals surface area contributed by atoms with E-state index >= 15 is 0 Å². The molecule has 0 amide bonds. The van der Waals surface area contributed by atoms with E-state index in [0.717, 1.165) is 0 Å². The van der Waals surface area contributed by atoms with Crippen LogP contribution >= 0.6 is 11.3 Å². The number of hydrogen-bond donors (Lipinski definition) is 0. The largest absolute Gasteiger partial charge is 2.00 e. The molecule has 0 spiro atoms. The summed E-state index contributed by atoms with van der Waals surface area (Å²) in [5.41, 5.74) is 0. The zero-order valence-electron chi connectivity index (χ0n) is 3.73. The molecule has 7 heavy (non-hydrogen) atoms. The Balaban J connectivity index is 0. The SMILES string of the molecule is [I-].[Mg+2].[c-]1cccs1. The van der Waals surface area contributed by atoms with Crippen molar-refractivity contribution in [3.05, 3.63) is 22.9 Å². The molecule has 0 aromatic carbocycles. The van der Waals surface area contributed by atoms with Gasteiger partial charge < -0.3 is 35.3 Å². The van der Waals surface area contributed by atoms with Crippen molar-refractivity contribution in [1.82, 2.24) is 0 Å². The van der Waals surface area contributed by atoms with E-state index < -0.39 is 0 Å². The van der Waals surface area contributed by atoms with Crippen LogP contribution in [-0.2, 0) is 0 Å². The fraction of sp³-hybridized carbons (Fsp3) is 0. The molecule has 0 unspecified atom stereocenters. The first-order valence-corrected chi connectivity index (χ1v) is 2.27. The van der Waals surface area contributed by atoms with Crippen molar-refractivity contribution in [3.8, 4) is 0 Å². The maximum Gasteiger partial charge on any atom is 2.00 e. The first kappa shape index (κ1) is 11.1. The van der Waals surface area contributed by atoms with Crippen molar-refractivity contribution >= 4 is 34.4 Å². The van der Waals surface area contributed by atoms with Gasteiger partial charge in [-0.2, -0.15) is 11.4 Å². The van der Waals surface area contributed by atoms with E-state index in [0.29, 0.717) is 0 Å². The quantitative estimate of drug-likeness (QED) is 0.281. The third-order valence-corrected chi connectivity index (χ3v) is 0.944. The van der Waals surface area contributed by atoms with E-state index in [1.807, 2.05) is 17.5 Å². The van der Waals surface area contributed by atoms with Gasteiger partial charge in [0.05, 0.1) is 0 Å². The topological polar surface area (TPSA) is 0 Å². The van der Waals surface area contributed by atoms with Crippen LogP contribution in [0.3, 0.4) is 0 Å². The molecule has 0 atom stereocenters. The van der Waals surface area contributed by atoms with Crippen LogP contribution in [0.15, 0.2) is 17.5 Å². The van der Waals surface area contributed by atoms with Gasteiger partial charge in [0.15, 0.2) is 0 Å². The van der Waals surface area contributed by atoms with E-state index in [9.17, 15) is 0 Å². The minimum atomic E-state index is 0. The molecule has 1 rings (SSSR count). The minimum Gasteiger partial charge on any atom is -1.00 e. The second-order valence-corrected chi connectivity index (χ2v) is 1.47. The fourth-order valence-electron chi connectivity index (χ4n) is 0.196. The fourth-order valence-corrected chi connectivity index (χ4v) is 0.589. The molecule has 3 heteroatoms. The molecule has 1 heterocycles. The molecule has 34 valence electrons. The van der Waals surface area contributed by atoms with Gasteiger partial charge in [-0.15, -0.1) is 5.38 Å². The van der Waals surface area contributed by atoms with Gasteiger partial charge in [0.2, 0.25) is 0 Å². The van der Waals surface area contributed by atoms with Crippen LogP contribution in [0.1, 0.15) is 0 Å². The standard InChI is InChI=1S/C4H3S.HI.Mg/c1-2-4-5-3-1;;/h1-3H;1H;/q-1;;+2/p-1. The molecule has 0 aliphatic heterocycles. The first-order chi connectivity index (χ1) is 2.50. The van der Waals surface area contributed by atoms with Gasteiger partial charge in [-0.3, -0.25) is 0 Å². The number of hydrogen-bond acceptors (Lipinski definition) is 1. The van der Waals surface area contributed by atoms with Crippen LogP contribution in [0, 0.1) is 5.38 Å². The molecular formula is C4H3IMgS. The summed E-state index contributed by atoms with van der Waals surface area (Å²) in [6, 6.07) is 3.86. The van der Waals surface area contributed by atoms with Gasteiger partial charge in [0.1, 0.15) is 0 Å². The molecule has 1 aromatic rings. The third kappa shape index (κ3) is 5.06. The Morgan fingerprint density at radius 2 is 2.14 bits per heavy atom. The van der Waals surface area contributed by atoms with Crippen LogP contribution in [0.4, 0.5) is 0 Å². The van der Waals surface area contributed by atoms with Crippen LogP contribution < -0.4 is 24.0 Å². The summed E-state index contributed by atoms with van der Waals surface area (Å²) in [5, 5.41) is 4.89. The van der Waals surface area contributed by atoms with E-state index in [1.54, 1.807) is 11.3 Å². The van der Waals surface area contributed by atoms with Crippen molar-refractivity contribution < 1.29 is 24.0 Å². The van der Waals surface area contributed by atoms with Gasteiger partial charge in [-0.05, 0) is 0 Å². The Morgan fingerprint density at radius 3 is 2.29 bits per heavy atom. The van der Waals surface area contributed by atoms with Gasteiger partial charge >= 0.3 is 23.1 Å². The molecule has 0 bridgehead atoms. The normalized spacial score (nSPS) is 5.71. The van der Waals surface area contributed by atoms with Crippen LogP contribution in [0.5, 0.6) is 0 Å². The number of thiophene rings is 1. The van der Waals surface area contributed by atoms with Gasteiger partial charge in [-0.25, -0.2) is 6.07 Å². The Kier molecular flexibility index (Phi) is 11.4. The summed E-state index contributed by atoms with van der Waals surface area (Å²) in [7, 11) is 0. The van der Waals surface area contributed by atoms with Crippen molar-refractivity contribution in [2.45, 2.75) is 0 Å². The summed E-state index contributed by atoms with van der Waals surface area (Å²) in [5.74, 6) is 0. The zero-order chi connectivity index (χ0) is 3.54. The van der Waals surface area contributed by atoms with Crippen molar-refractivity contribution in [2.24, 2.45) is 0 Å². The Hall–Kier alpha value is 1.20. The van der Waals surface area contributed by atoms with Crippen LogP contribution in [0.2, 0.25) is 0 Å². The van der Waals surface area contributed by atoms with Crippen molar-refractivity contribution in [3.63, 3.8) is 0 Å². The molecule has 0 fully saturated rings. The first-order valence-electron chi connectivity index (χ1n) is 1.40. The molecule has 0 aliphatic rings. The molecule has 0 nitrogen and oxygen atoms in total. The van der Waals surface area contributed by atoms with Crippen LogP contribution in [0.25, 0.3) is 0 Å². The minimum absolute atomic E-state index is 0. The molecular weight excluding hydrogens is 231 g/mol. The van der Waals surface area contributed by atoms with E-state index in [1.165, 1.54) is 0 Å². The Morgan fingerprint density at radius 1 is 1.43 bits per heavy atom. The second kappa shape index (κ2) is 7.20. The van der Waals surface area contributed by atoms with E-state index in [2.05, 4.69) is 5.38 Å². The average Bonchev–Trinajstić information content (AvgIpc) is 1.76. The van der Waals surface area contributed by atoms with Gasteiger partial charge in [-0.1, -0.05) is 0 Å². The van der Waals surface area contributed by atoms with E-state index in [4.69, 9.17) is 0 Å².